The molecule has 0 radical (unpaired) electrons. The van der Waals surface area contributed by atoms with Crippen molar-refractivity contribution < 1.29 is 23.5 Å². The van der Waals surface area contributed by atoms with Crippen LogP contribution in [0.25, 0.3) is 5.69 Å². The number of aromatic nitrogens is 2. The minimum absolute atomic E-state index is 0.0492. The summed E-state index contributed by atoms with van der Waals surface area (Å²) in [5.74, 6) is -2.47. The van der Waals surface area contributed by atoms with E-state index in [0.29, 0.717) is 67.8 Å². The molecule has 3 aliphatic rings. The van der Waals surface area contributed by atoms with Gasteiger partial charge >= 0.3 is 0 Å². The third kappa shape index (κ3) is 4.58. The van der Waals surface area contributed by atoms with Gasteiger partial charge in [-0.25, -0.2) is 13.5 Å². The fraction of sp³-hybridized carbons (Fsp3) is 0.577. The number of nitrogens with two attached hydrogens (primary N) is 1. The number of aliphatic hydroxyl groups excluding tert-OH is 1. The summed E-state index contributed by atoms with van der Waals surface area (Å²) < 4.78 is 32.8. The number of ketones is 1. The topological polar surface area (TPSA) is 110 Å². The van der Waals surface area contributed by atoms with Crippen LogP contribution in [0.15, 0.2) is 6.07 Å². The lowest BCUT2D eigenvalue weighted by atomic mass is 9.75. The fourth-order valence-electron chi connectivity index (χ4n) is 5.51. The van der Waals surface area contributed by atoms with Crippen LogP contribution in [0.5, 0.6) is 0 Å². The molecule has 0 aliphatic heterocycles. The first-order valence-corrected chi connectivity index (χ1v) is 12.4. The van der Waals surface area contributed by atoms with Gasteiger partial charge in [0.2, 0.25) is 0 Å². The fourth-order valence-corrected chi connectivity index (χ4v) is 5.51. The normalized spacial score (nSPS) is 23.7. The Morgan fingerprint density at radius 1 is 1.20 bits per heavy atom. The first kappa shape index (κ1) is 23.9. The smallest absolute Gasteiger partial charge is 0.251 e. The summed E-state index contributed by atoms with van der Waals surface area (Å²) in [6.45, 7) is 3.91. The predicted octanol–water partition coefficient (Wildman–Crippen LogP) is 4.07. The molecular weight excluding hydrogens is 454 g/mol. The number of nitrogens with zero attached hydrogens (tertiary/aromatic N) is 2. The van der Waals surface area contributed by atoms with Gasteiger partial charge in [0.15, 0.2) is 17.4 Å². The Balaban J connectivity index is 1.64. The van der Waals surface area contributed by atoms with E-state index in [1.54, 1.807) is 0 Å². The Morgan fingerprint density at radius 2 is 1.89 bits per heavy atom. The third-order valence-electron chi connectivity index (χ3n) is 7.51. The molecule has 2 aromatic rings. The Kier molecular flexibility index (Phi) is 5.94. The lowest BCUT2D eigenvalue weighted by Crippen LogP contribution is -2.31. The number of nitrogens with one attached hydrogen (secondary N) is 1. The van der Waals surface area contributed by atoms with Gasteiger partial charge in [-0.2, -0.15) is 5.10 Å². The number of hydrogen-bond donors (Lipinski definition) is 3. The molecule has 35 heavy (non-hydrogen) atoms. The standard InChI is InChI=1S/C26H32F2N4O3/c1-26(2)11-19-21(20(34)12-26)18(9-13-3-4-13)31-32(19)24-17(27)10-16(25(29)35)23(22(24)28)30-14-5-7-15(33)8-6-14/h10,13-15,30,33H,3-9,11-12H2,1-2H3,(H2,29,35)/t14-,15-. The number of rotatable bonds is 6. The molecule has 7 nitrogen and oxygen atoms in total. The molecule has 2 fully saturated rings. The van der Waals surface area contributed by atoms with Gasteiger partial charge < -0.3 is 16.2 Å². The minimum Gasteiger partial charge on any atom is -0.393 e. The quantitative estimate of drug-likeness (QED) is 0.570. The van der Waals surface area contributed by atoms with Gasteiger partial charge in [-0.05, 0) is 68.8 Å². The number of fused-ring (bicyclic) bond motifs is 1. The molecule has 0 bridgehead atoms. The molecule has 2 saturated carbocycles. The zero-order valence-corrected chi connectivity index (χ0v) is 20.2. The minimum atomic E-state index is -0.958. The molecule has 1 aromatic heterocycles. The van der Waals surface area contributed by atoms with Gasteiger partial charge in [-0.3, -0.25) is 9.59 Å². The molecule has 0 unspecified atom stereocenters. The van der Waals surface area contributed by atoms with Crippen LogP contribution < -0.4 is 11.1 Å². The van der Waals surface area contributed by atoms with Crippen LogP contribution >= 0.6 is 0 Å². The van der Waals surface area contributed by atoms with Gasteiger partial charge in [0, 0.05) is 12.5 Å². The molecule has 3 aliphatic carbocycles. The molecule has 9 heteroatoms. The maximum atomic E-state index is 16.1. The first-order chi connectivity index (χ1) is 16.5. The molecule has 5 rings (SSSR count). The molecule has 0 saturated heterocycles. The summed E-state index contributed by atoms with van der Waals surface area (Å²) in [7, 11) is 0. The van der Waals surface area contributed by atoms with Gasteiger partial charge in [-0.1, -0.05) is 13.8 Å². The predicted molar refractivity (Wildman–Crippen MR) is 127 cm³/mol. The zero-order valence-electron chi connectivity index (χ0n) is 20.2. The van der Waals surface area contributed by atoms with E-state index in [9.17, 15) is 14.7 Å². The number of amides is 1. The van der Waals surface area contributed by atoms with Crippen molar-refractivity contribution in [3.63, 3.8) is 0 Å². The Hall–Kier alpha value is -2.81. The van der Waals surface area contributed by atoms with E-state index >= 15 is 8.78 Å². The SMILES string of the molecule is CC1(C)CC(=O)c2c(CC3CC3)nn(-c3c(F)cc(C(N)=O)c(N[C@H]4CC[C@H](O)CC4)c3F)c2C1. The number of hydrogen-bond acceptors (Lipinski definition) is 5. The Morgan fingerprint density at radius 3 is 2.51 bits per heavy atom. The van der Waals surface area contributed by atoms with Crippen LogP contribution in [0.4, 0.5) is 14.5 Å². The lowest BCUT2D eigenvalue weighted by Gasteiger charge is -2.30. The number of halogens is 2. The van der Waals surface area contributed by atoms with Gasteiger partial charge in [0.25, 0.3) is 5.91 Å². The number of Topliss-reactive ketones (excluding diaryl/α,β-unsaturated/α-hetero) is 1. The largest absolute Gasteiger partial charge is 0.393 e. The highest BCUT2D eigenvalue weighted by molar-refractivity contribution is 6.00. The van der Waals surface area contributed by atoms with Crippen molar-refractivity contribution in [2.24, 2.45) is 17.1 Å². The second-order valence-corrected chi connectivity index (χ2v) is 11.2. The van der Waals surface area contributed by atoms with Crippen molar-refractivity contribution in [3.8, 4) is 5.69 Å². The second kappa shape index (κ2) is 8.69. The zero-order chi connectivity index (χ0) is 25.1. The van der Waals surface area contributed by atoms with Crippen LogP contribution in [0, 0.1) is 23.0 Å². The van der Waals surface area contributed by atoms with Crippen LogP contribution in [0.2, 0.25) is 0 Å². The Labute approximate surface area is 203 Å². The summed E-state index contributed by atoms with van der Waals surface area (Å²) >= 11 is 0. The average molecular weight is 487 g/mol. The van der Waals surface area contributed by atoms with Crippen molar-refractivity contribution in [1.82, 2.24) is 9.78 Å². The monoisotopic (exact) mass is 486 g/mol. The van der Waals surface area contributed by atoms with E-state index in [4.69, 9.17) is 5.73 Å². The van der Waals surface area contributed by atoms with Gasteiger partial charge in [0.05, 0.1) is 34.3 Å². The van der Waals surface area contributed by atoms with Gasteiger partial charge in [-0.15, -0.1) is 0 Å². The highest BCUT2D eigenvalue weighted by atomic mass is 19.1. The number of carbonyl (C=O) groups is 2. The molecule has 0 atom stereocenters. The summed E-state index contributed by atoms with van der Waals surface area (Å²) in [5, 5.41) is 17.4. The van der Waals surface area contributed by atoms with Gasteiger partial charge in [0.1, 0.15) is 5.69 Å². The summed E-state index contributed by atoms with van der Waals surface area (Å²) in [4.78, 5) is 25.2. The molecular formula is C26H32F2N4O3. The van der Waals surface area contributed by atoms with E-state index in [2.05, 4.69) is 10.4 Å². The lowest BCUT2D eigenvalue weighted by molar-refractivity contribution is 0.0909. The third-order valence-corrected chi connectivity index (χ3v) is 7.51. The second-order valence-electron chi connectivity index (χ2n) is 11.2. The summed E-state index contributed by atoms with van der Waals surface area (Å²) in [6.07, 6.45) is 5.39. The van der Waals surface area contributed by atoms with Crippen molar-refractivity contribution in [3.05, 3.63) is 40.2 Å². The molecule has 1 heterocycles. The molecule has 188 valence electrons. The molecule has 1 aromatic carbocycles. The molecule has 4 N–H and O–H groups in total. The van der Waals surface area contributed by atoms with Crippen LogP contribution in [-0.4, -0.2) is 38.7 Å². The van der Waals surface area contributed by atoms with Crippen molar-refractivity contribution >= 4 is 17.4 Å². The van der Waals surface area contributed by atoms with E-state index in [-0.39, 0.29) is 28.5 Å². The summed E-state index contributed by atoms with van der Waals surface area (Å²) in [6, 6.07) is 0.757. The van der Waals surface area contributed by atoms with E-state index in [1.807, 2.05) is 13.8 Å². The summed E-state index contributed by atoms with van der Waals surface area (Å²) in [5.41, 5.74) is 5.86. The highest BCUT2D eigenvalue weighted by Gasteiger charge is 2.39. The van der Waals surface area contributed by atoms with Crippen LogP contribution in [0.3, 0.4) is 0 Å². The average Bonchev–Trinajstić information content (AvgIpc) is 3.51. The Bertz CT molecular complexity index is 1190. The molecule has 1 amide bonds. The van der Waals surface area contributed by atoms with E-state index < -0.39 is 29.3 Å². The maximum absolute atomic E-state index is 16.1. The first-order valence-electron chi connectivity index (χ1n) is 12.4. The van der Waals surface area contributed by atoms with Crippen molar-refractivity contribution in [2.75, 3.05) is 5.32 Å². The maximum Gasteiger partial charge on any atom is 0.251 e. The highest BCUT2D eigenvalue weighted by Crippen LogP contribution is 2.41. The molecule has 0 spiro atoms. The van der Waals surface area contributed by atoms with Crippen LogP contribution in [0.1, 0.15) is 90.9 Å². The number of primary amides is 1. The van der Waals surface area contributed by atoms with Crippen molar-refractivity contribution in [1.29, 1.82) is 0 Å². The van der Waals surface area contributed by atoms with E-state index in [1.165, 1.54) is 4.68 Å². The number of carbonyl (C=O) groups excluding carboxylic acids is 2. The number of aliphatic hydroxyl groups is 1. The van der Waals surface area contributed by atoms with Crippen LogP contribution in [-0.2, 0) is 12.8 Å². The number of anilines is 1. The van der Waals surface area contributed by atoms with E-state index in [0.717, 1.165) is 18.9 Å². The number of benzene rings is 1. The van der Waals surface area contributed by atoms with Crippen molar-refractivity contribution in [2.45, 2.75) is 83.8 Å².